The van der Waals surface area contributed by atoms with Crippen molar-refractivity contribution < 1.29 is 84.0 Å². The Kier molecular flexibility index (Phi) is 9.30. The molecule has 0 unspecified atom stereocenters. The molecule has 0 aliphatic carbocycles. The monoisotopic (exact) mass is 653 g/mol. The van der Waals surface area contributed by atoms with Gasteiger partial charge in [0.1, 0.15) is 53.5 Å². The molecule has 46 heavy (non-hydrogen) atoms. The third kappa shape index (κ3) is 6.39. The molecule has 1 aromatic heterocycles. The predicted molar refractivity (Wildman–Crippen MR) is 150 cm³/mol. The van der Waals surface area contributed by atoms with E-state index in [9.17, 15) is 55.9 Å². The molecule has 2 aliphatic rings. The predicted octanol–water partition coefficient (Wildman–Crippen LogP) is -0.490. The lowest BCUT2D eigenvalue weighted by atomic mass is 9.98. The van der Waals surface area contributed by atoms with Crippen LogP contribution in [-0.2, 0) is 23.7 Å². The maximum atomic E-state index is 11.5. The number of rotatable bonds is 7. The number of hydrogen-bond acceptors (Lipinski definition) is 16. The number of benzene rings is 2. The van der Waals surface area contributed by atoms with Gasteiger partial charge in [-0.3, -0.25) is 4.79 Å². The number of hydrogen-bond donors (Lipinski definition) is 10. The van der Waals surface area contributed by atoms with Crippen LogP contribution >= 0.6 is 0 Å². The summed E-state index contributed by atoms with van der Waals surface area (Å²) < 4.78 is 33.4. The Hall–Kier alpha value is -4.20. The largest absolute Gasteiger partial charge is 0.507 e. The van der Waals surface area contributed by atoms with Crippen molar-refractivity contribution in [3.63, 3.8) is 0 Å². The van der Waals surface area contributed by atoms with Crippen LogP contribution in [0.5, 0.6) is 34.5 Å². The number of phenols is 5. The fraction of sp³-hybridized carbons (Fsp3) is 0.448. The van der Waals surface area contributed by atoms with Crippen LogP contribution in [-0.4, -0.2) is 125 Å². The lowest BCUT2D eigenvalue weighted by Gasteiger charge is -2.43. The summed E-state index contributed by atoms with van der Waals surface area (Å²) in [7, 11) is 0. The number of aromatic hydroxyl groups is 5. The number of esters is 1. The van der Waals surface area contributed by atoms with E-state index in [0.29, 0.717) is 0 Å². The minimum Gasteiger partial charge on any atom is -0.507 e. The van der Waals surface area contributed by atoms with E-state index >= 15 is 0 Å². The second-order valence-electron chi connectivity index (χ2n) is 10.9. The summed E-state index contributed by atoms with van der Waals surface area (Å²) in [4.78, 5) is 11.5. The first-order valence-electron chi connectivity index (χ1n) is 13.9. The van der Waals surface area contributed by atoms with Crippen LogP contribution in [0, 0.1) is 0 Å². The standard InChI is InChI=1S/C29H32O17/c1-9-20(35)27(43-10(2)30)25(40)28(42-9)41-8-19-22(37)23(38)24(39)29(46-19)45-18-7-13-14(32)5-12(31)6-17(13)44-26(18)11-3-15(33)21(36)16(34)4-11/h3-7,9,19-20,22-25,27-29,35,37-40H,8H2,1-2H3,(H4-,31,32,33,34,36)/p+1/t9-,19+,20-,22+,23-,24+,25+,27+,28+,29+/m0/s1. The summed E-state index contributed by atoms with van der Waals surface area (Å²) in [6.07, 6.45) is -15.6. The Bertz CT molecular complexity index is 1570. The van der Waals surface area contributed by atoms with Gasteiger partial charge in [0.25, 0.3) is 0 Å². The van der Waals surface area contributed by atoms with Crippen molar-refractivity contribution in [2.75, 3.05) is 6.61 Å². The molecule has 0 radical (unpaired) electrons. The lowest BCUT2D eigenvalue weighted by molar-refractivity contribution is -0.319. The third-order valence-corrected chi connectivity index (χ3v) is 7.57. The molecule has 0 spiro atoms. The van der Waals surface area contributed by atoms with Crippen molar-refractivity contribution in [1.29, 1.82) is 0 Å². The SMILES string of the molecule is CC(=O)O[C@@H]1[C@@H](O)[C@H](C)O[C@@H](OC[C@H]2O[C@@H](Oc3cc4c(O)cc(O)cc4[o+]c3-c3cc(O)c(O)c(O)c3)[C@H](O)[C@@H](O)[C@@H]2O)[C@@H]1O. The van der Waals surface area contributed by atoms with Gasteiger partial charge in [0.15, 0.2) is 29.6 Å². The molecule has 2 saturated heterocycles. The third-order valence-electron chi connectivity index (χ3n) is 7.57. The number of ether oxygens (including phenoxy) is 5. The molecular weight excluding hydrogens is 620 g/mol. The van der Waals surface area contributed by atoms with Crippen LogP contribution < -0.4 is 4.74 Å². The topological polar surface area (TPSA) is 277 Å². The van der Waals surface area contributed by atoms with E-state index in [1.165, 1.54) is 13.0 Å². The number of aliphatic hydroxyl groups is 5. The van der Waals surface area contributed by atoms with Crippen molar-refractivity contribution >= 4 is 16.9 Å². The zero-order chi connectivity index (χ0) is 33.6. The highest BCUT2D eigenvalue weighted by atomic mass is 16.7. The molecule has 17 nitrogen and oxygen atoms in total. The molecule has 2 aromatic carbocycles. The van der Waals surface area contributed by atoms with Crippen molar-refractivity contribution in [3.05, 3.63) is 30.3 Å². The minimum atomic E-state index is -1.90. The van der Waals surface area contributed by atoms with Crippen LogP contribution in [0.2, 0.25) is 0 Å². The highest BCUT2D eigenvalue weighted by molar-refractivity contribution is 5.88. The van der Waals surface area contributed by atoms with Crippen LogP contribution in [0.1, 0.15) is 13.8 Å². The van der Waals surface area contributed by atoms with E-state index in [4.69, 9.17) is 28.1 Å². The molecule has 10 atom stereocenters. The van der Waals surface area contributed by atoms with E-state index in [1.54, 1.807) is 0 Å². The second kappa shape index (κ2) is 12.9. The molecule has 0 bridgehead atoms. The van der Waals surface area contributed by atoms with Gasteiger partial charge in [-0.2, -0.15) is 0 Å². The van der Waals surface area contributed by atoms with Crippen molar-refractivity contribution in [1.82, 2.24) is 0 Å². The molecular formula is C29H33O17+. The van der Waals surface area contributed by atoms with Gasteiger partial charge in [0.05, 0.1) is 24.3 Å². The number of aliphatic hydroxyl groups excluding tert-OH is 5. The maximum absolute atomic E-state index is 11.5. The number of carbonyl (C=O) groups is 1. The first-order valence-corrected chi connectivity index (χ1v) is 13.9. The fourth-order valence-electron chi connectivity index (χ4n) is 5.14. The highest BCUT2D eigenvalue weighted by Crippen LogP contribution is 2.45. The zero-order valence-electron chi connectivity index (χ0n) is 24.2. The quantitative estimate of drug-likeness (QED) is 0.0875. The summed E-state index contributed by atoms with van der Waals surface area (Å²) in [6, 6.07) is 5.36. The van der Waals surface area contributed by atoms with Crippen molar-refractivity contribution in [3.8, 4) is 45.8 Å². The van der Waals surface area contributed by atoms with Gasteiger partial charge in [0, 0.05) is 31.2 Å². The summed E-state index contributed by atoms with van der Waals surface area (Å²) in [6.45, 7) is 1.94. The molecule has 0 saturated carbocycles. The van der Waals surface area contributed by atoms with Gasteiger partial charge in [-0.25, -0.2) is 4.42 Å². The van der Waals surface area contributed by atoms with Gasteiger partial charge in [-0.15, -0.1) is 0 Å². The Morgan fingerprint density at radius 3 is 2.13 bits per heavy atom. The maximum Gasteiger partial charge on any atom is 0.402 e. The minimum absolute atomic E-state index is 0.00313. The van der Waals surface area contributed by atoms with Crippen LogP contribution in [0.4, 0.5) is 0 Å². The van der Waals surface area contributed by atoms with Gasteiger partial charge in [-0.1, -0.05) is 0 Å². The zero-order valence-corrected chi connectivity index (χ0v) is 24.2. The first kappa shape index (κ1) is 33.2. The Morgan fingerprint density at radius 2 is 1.48 bits per heavy atom. The van der Waals surface area contributed by atoms with E-state index in [2.05, 4.69) is 0 Å². The molecule has 2 fully saturated rings. The number of carbonyl (C=O) groups excluding carboxylic acids is 1. The molecule has 250 valence electrons. The van der Waals surface area contributed by atoms with E-state index in [-0.39, 0.29) is 33.8 Å². The van der Waals surface area contributed by atoms with E-state index < -0.39 is 97.0 Å². The summed E-state index contributed by atoms with van der Waals surface area (Å²) in [5.41, 5.74) is -0.170. The molecule has 3 aromatic rings. The Morgan fingerprint density at radius 1 is 0.804 bits per heavy atom. The molecule has 3 heterocycles. The Labute approximate surface area is 259 Å². The summed E-state index contributed by atoms with van der Waals surface area (Å²) >= 11 is 0. The summed E-state index contributed by atoms with van der Waals surface area (Å²) in [5, 5.41) is 103. The molecule has 2 aliphatic heterocycles. The van der Waals surface area contributed by atoms with Gasteiger partial charge in [0.2, 0.25) is 12.0 Å². The molecule has 0 amide bonds. The van der Waals surface area contributed by atoms with Crippen molar-refractivity contribution in [2.24, 2.45) is 0 Å². The van der Waals surface area contributed by atoms with E-state index in [0.717, 1.165) is 31.2 Å². The van der Waals surface area contributed by atoms with Crippen molar-refractivity contribution in [2.45, 2.75) is 75.3 Å². The fourth-order valence-corrected chi connectivity index (χ4v) is 5.14. The molecule has 17 heteroatoms. The number of phenolic OH excluding ortho intramolecular Hbond substituents is 5. The van der Waals surface area contributed by atoms with Crippen LogP contribution in [0.15, 0.2) is 34.7 Å². The van der Waals surface area contributed by atoms with Gasteiger partial charge in [-0.05, 0) is 6.92 Å². The first-order chi connectivity index (χ1) is 21.7. The molecule has 5 rings (SSSR count). The average Bonchev–Trinajstić information content (AvgIpc) is 2.99. The summed E-state index contributed by atoms with van der Waals surface area (Å²) in [5.74, 6) is -4.49. The lowest BCUT2D eigenvalue weighted by Crippen LogP contribution is -2.62. The highest BCUT2D eigenvalue weighted by Gasteiger charge is 2.49. The average molecular weight is 654 g/mol. The smallest absolute Gasteiger partial charge is 0.402 e. The van der Waals surface area contributed by atoms with E-state index in [1.807, 2.05) is 0 Å². The normalized spacial score (nSPS) is 31.5. The second-order valence-corrected chi connectivity index (χ2v) is 10.9. The molecule has 10 N–H and O–H groups in total. The van der Waals surface area contributed by atoms with Gasteiger partial charge >= 0.3 is 17.3 Å². The van der Waals surface area contributed by atoms with Crippen LogP contribution in [0.3, 0.4) is 0 Å². The van der Waals surface area contributed by atoms with Gasteiger partial charge < -0.3 is 74.7 Å². The number of fused-ring (bicyclic) bond motifs is 1. The van der Waals surface area contributed by atoms with Crippen LogP contribution in [0.25, 0.3) is 22.3 Å². The Balaban J connectivity index is 1.43.